The Morgan fingerprint density at radius 2 is 2.08 bits per heavy atom. The predicted molar refractivity (Wildman–Crippen MR) is 50.7 cm³/mol. The molecule has 72 valence electrons. The van der Waals surface area contributed by atoms with Crippen molar-refractivity contribution in [2.24, 2.45) is 11.7 Å². The predicted octanol–water partition coefficient (Wildman–Crippen LogP) is 0.886. The number of hydrogen-bond acceptors (Lipinski definition) is 2. The second kappa shape index (κ2) is 6.00. The molecular formula is C9H20N2O. The Balaban J connectivity index is 3.57. The molecule has 3 nitrogen and oxygen atoms in total. The Morgan fingerprint density at radius 1 is 1.50 bits per heavy atom. The molecule has 0 aromatic carbocycles. The van der Waals surface area contributed by atoms with Crippen LogP contribution in [0.3, 0.4) is 0 Å². The van der Waals surface area contributed by atoms with Crippen LogP contribution in [-0.2, 0) is 4.79 Å². The Hall–Kier alpha value is -0.570. The summed E-state index contributed by atoms with van der Waals surface area (Å²) in [7, 11) is 0. The van der Waals surface area contributed by atoms with Gasteiger partial charge in [0.1, 0.15) is 0 Å². The van der Waals surface area contributed by atoms with E-state index in [2.05, 4.69) is 12.2 Å². The molecule has 0 unspecified atom stereocenters. The normalized spacial score (nSPS) is 13.1. The van der Waals surface area contributed by atoms with Crippen LogP contribution in [0.1, 0.15) is 33.6 Å². The lowest BCUT2D eigenvalue weighted by Gasteiger charge is -2.14. The fraction of sp³-hybridized carbons (Fsp3) is 0.889. The fourth-order valence-electron chi connectivity index (χ4n) is 0.809. The summed E-state index contributed by atoms with van der Waals surface area (Å²) in [5, 5.41) is 2.80. The minimum Gasteiger partial charge on any atom is -0.355 e. The van der Waals surface area contributed by atoms with Crippen molar-refractivity contribution >= 4 is 5.91 Å². The van der Waals surface area contributed by atoms with E-state index in [1.54, 1.807) is 0 Å². The number of rotatable bonds is 5. The third-order valence-corrected chi connectivity index (χ3v) is 1.85. The maximum atomic E-state index is 11.2. The Morgan fingerprint density at radius 3 is 2.50 bits per heavy atom. The van der Waals surface area contributed by atoms with Crippen molar-refractivity contribution in [3.63, 3.8) is 0 Å². The van der Waals surface area contributed by atoms with Crippen LogP contribution in [0.15, 0.2) is 0 Å². The van der Waals surface area contributed by atoms with Gasteiger partial charge in [-0.2, -0.15) is 0 Å². The van der Waals surface area contributed by atoms with Crippen LogP contribution in [-0.4, -0.2) is 18.5 Å². The van der Waals surface area contributed by atoms with Crippen LogP contribution in [0.2, 0.25) is 0 Å². The molecule has 3 heteroatoms. The molecule has 0 fully saturated rings. The summed E-state index contributed by atoms with van der Waals surface area (Å²) in [6, 6.07) is -0.359. The standard InChI is InChI=1S/C9H20N2O/c1-4-5-6-11-9(12)8(10)7(2)3/h7-8H,4-6,10H2,1-3H3,(H,11,12)/t8-/m0/s1/i9+1,12+1. The molecule has 0 saturated carbocycles. The van der Waals surface area contributed by atoms with E-state index in [9.17, 15) is 4.79 Å². The van der Waals surface area contributed by atoms with Gasteiger partial charge in [-0.05, 0) is 12.3 Å². The first-order valence-electron chi connectivity index (χ1n) is 4.62. The summed E-state index contributed by atoms with van der Waals surface area (Å²) in [5.74, 6) is 0.185. The second-order valence-corrected chi connectivity index (χ2v) is 3.41. The van der Waals surface area contributed by atoms with Crippen molar-refractivity contribution in [2.45, 2.75) is 39.7 Å². The number of carbonyl (C=O) groups is 1. The summed E-state index contributed by atoms with van der Waals surface area (Å²) in [6.07, 6.45) is 2.12. The van der Waals surface area contributed by atoms with E-state index < -0.39 is 0 Å². The van der Waals surface area contributed by atoms with Crippen LogP contribution >= 0.6 is 0 Å². The van der Waals surface area contributed by atoms with Crippen molar-refractivity contribution in [1.82, 2.24) is 5.32 Å². The summed E-state index contributed by atoms with van der Waals surface area (Å²) in [4.78, 5) is 11.2. The summed E-state index contributed by atoms with van der Waals surface area (Å²) >= 11 is 0. The maximum absolute atomic E-state index is 11.2. The minimum atomic E-state index is -0.359. The lowest BCUT2D eigenvalue weighted by atomic mass is 10.1. The average Bonchev–Trinajstić information content (AvgIpc) is 2.03. The minimum absolute atomic E-state index is 0.0292. The monoisotopic (exact) mass is 174 g/mol. The number of amides is 1. The zero-order valence-corrected chi connectivity index (χ0v) is 8.26. The topological polar surface area (TPSA) is 55.1 Å². The highest BCUT2D eigenvalue weighted by molar-refractivity contribution is 5.81. The molecule has 0 aliphatic carbocycles. The largest absolute Gasteiger partial charge is 0.355 e. The Labute approximate surface area is 74.7 Å². The van der Waals surface area contributed by atoms with Gasteiger partial charge in [0.05, 0.1) is 6.04 Å². The van der Waals surface area contributed by atoms with Gasteiger partial charge < -0.3 is 11.1 Å². The maximum Gasteiger partial charge on any atom is 0.237 e. The van der Waals surface area contributed by atoms with E-state index in [4.69, 9.17) is 5.73 Å². The van der Waals surface area contributed by atoms with Crippen molar-refractivity contribution in [3.8, 4) is 0 Å². The van der Waals surface area contributed by atoms with Gasteiger partial charge in [-0.25, -0.2) is 0 Å². The van der Waals surface area contributed by atoms with Crippen LogP contribution in [0.25, 0.3) is 0 Å². The highest BCUT2D eigenvalue weighted by atomic mass is 17.1. The van der Waals surface area contributed by atoms with Gasteiger partial charge in [0, 0.05) is 6.54 Å². The quantitative estimate of drug-likeness (QED) is 0.480. The van der Waals surface area contributed by atoms with Crippen molar-refractivity contribution in [1.29, 1.82) is 0 Å². The molecule has 1 amide bonds. The van der Waals surface area contributed by atoms with E-state index >= 15 is 0 Å². The SMILES string of the molecule is CCCCN[13C](=[17O])[C@@H](N)C(C)C. The van der Waals surface area contributed by atoms with E-state index in [-0.39, 0.29) is 17.9 Å². The highest BCUT2D eigenvalue weighted by Gasteiger charge is 2.15. The van der Waals surface area contributed by atoms with E-state index in [0.717, 1.165) is 19.4 Å². The van der Waals surface area contributed by atoms with Gasteiger partial charge in [-0.3, -0.25) is 4.79 Å². The summed E-state index contributed by atoms with van der Waals surface area (Å²) < 4.78 is 0. The van der Waals surface area contributed by atoms with Crippen molar-refractivity contribution < 1.29 is 4.79 Å². The molecule has 12 heavy (non-hydrogen) atoms. The van der Waals surface area contributed by atoms with Gasteiger partial charge in [0.15, 0.2) is 0 Å². The van der Waals surface area contributed by atoms with E-state index in [0.29, 0.717) is 0 Å². The average molecular weight is 174 g/mol. The smallest absolute Gasteiger partial charge is 0.237 e. The molecule has 0 aromatic rings. The molecule has 1 atom stereocenters. The lowest BCUT2D eigenvalue weighted by Crippen LogP contribution is -2.44. The van der Waals surface area contributed by atoms with Crippen molar-refractivity contribution in [3.05, 3.63) is 0 Å². The van der Waals surface area contributed by atoms with Crippen LogP contribution in [0.4, 0.5) is 0 Å². The summed E-state index contributed by atoms with van der Waals surface area (Å²) in [5.41, 5.74) is 5.63. The van der Waals surface area contributed by atoms with Gasteiger partial charge in [0.25, 0.3) is 0 Å². The molecule has 0 spiro atoms. The molecule has 0 rings (SSSR count). The van der Waals surface area contributed by atoms with Crippen molar-refractivity contribution in [2.75, 3.05) is 6.54 Å². The first-order valence-corrected chi connectivity index (χ1v) is 4.62. The molecular weight excluding hydrogens is 154 g/mol. The zero-order chi connectivity index (χ0) is 9.56. The third kappa shape index (κ3) is 4.34. The number of unbranched alkanes of at least 4 members (excludes halogenated alkanes) is 1. The number of nitrogens with one attached hydrogen (secondary N) is 1. The highest BCUT2D eigenvalue weighted by Crippen LogP contribution is 1.97. The van der Waals surface area contributed by atoms with Gasteiger partial charge >= 0.3 is 0 Å². The molecule has 0 aromatic heterocycles. The Bertz CT molecular complexity index is 134. The van der Waals surface area contributed by atoms with Gasteiger partial charge in [-0.15, -0.1) is 0 Å². The number of carbonyl (C=O) groups excluding carboxylic acids is 1. The van der Waals surface area contributed by atoms with Crippen LogP contribution in [0.5, 0.6) is 0 Å². The van der Waals surface area contributed by atoms with E-state index in [1.807, 2.05) is 13.8 Å². The first kappa shape index (κ1) is 11.4. The summed E-state index contributed by atoms with van der Waals surface area (Å²) in [6.45, 7) is 6.73. The molecule has 0 bridgehead atoms. The number of nitrogens with two attached hydrogens (primary N) is 1. The van der Waals surface area contributed by atoms with Crippen LogP contribution in [0, 0.1) is 5.92 Å². The molecule has 0 aliphatic heterocycles. The van der Waals surface area contributed by atoms with E-state index in [1.165, 1.54) is 0 Å². The fourth-order valence-corrected chi connectivity index (χ4v) is 0.809. The second-order valence-electron chi connectivity index (χ2n) is 3.41. The molecule has 0 radical (unpaired) electrons. The lowest BCUT2D eigenvalue weighted by molar-refractivity contribution is -0.123. The molecule has 0 saturated heterocycles. The Kier molecular flexibility index (Phi) is 5.72. The molecule has 3 N–H and O–H groups in total. The van der Waals surface area contributed by atoms with Gasteiger partial charge in [-0.1, -0.05) is 27.2 Å². The van der Waals surface area contributed by atoms with Gasteiger partial charge in [0.2, 0.25) is 5.91 Å². The molecule has 0 aliphatic rings. The first-order chi connectivity index (χ1) is 5.59. The molecule has 0 heterocycles. The zero-order valence-electron chi connectivity index (χ0n) is 8.26. The third-order valence-electron chi connectivity index (χ3n) is 1.85. The van der Waals surface area contributed by atoms with Crippen LogP contribution < -0.4 is 11.1 Å². The number of hydrogen-bond donors (Lipinski definition) is 2.